The van der Waals surface area contributed by atoms with Crippen LogP contribution >= 0.6 is 0 Å². The van der Waals surface area contributed by atoms with Gasteiger partial charge in [0, 0.05) is 11.8 Å². The Labute approximate surface area is 157 Å². The van der Waals surface area contributed by atoms with Gasteiger partial charge in [-0.1, -0.05) is 13.8 Å². The van der Waals surface area contributed by atoms with Crippen LogP contribution in [-0.4, -0.2) is 29.7 Å². The van der Waals surface area contributed by atoms with Crippen molar-refractivity contribution < 1.29 is 14.6 Å². The number of nitrogens with zero attached hydrogens (tertiary/aromatic N) is 1. The molecule has 0 amide bonds. The molecule has 1 aliphatic heterocycles. The van der Waals surface area contributed by atoms with E-state index in [0.717, 1.165) is 37.9 Å². The van der Waals surface area contributed by atoms with Gasteiger partial charge in [-0.3, -0.25) is 0 Å². The van der Waals surface area contributed by atoms with Crippen molar-refractivity contribution in [2.24, 2.45) is 34.5 Å². The third-order valence-electron chi connectivity index (χ3n) is 9.73. The lowest BCUT2D eigenvalue weighted by Crippen LogP contribution is -2.58. The highest BCUT2D eigenvalue weighted by molar-refractivity contribution is 5.15. The lowest BCUT2D eigenvalue weighted by Gasteiger charge is -2.61. The Balaban J connectivity index is 1.43. The molecule has 4 nitrogen and oxygen atoms in total. The Kier molecular flexibility index (Phi) is 3.67. The molecule has 4 saturated carbocycles. The summed E-state index contributed by atoms with van der Waals surface area (Å²) in [6.07, 6.45) is 9.51. The first-order chi connectivity index (χ1) is 12.4. The third kappa shape index (κ3) is 2.06. The summed E-state index contributed by atoms with van der Waals surface area (Å²) in [4.78, 5) is 0. The maximum Gasteiger partial charge on any atom is 0.174 e. The molecule has 4 heteroatoms. The van der Waals surface area contributed by atoms with E-state index in [1.165, 1.54) is 32.1 Å². The van der Waals surface area contributed by atoms with Crippen LogP contribution < -0.4 is 0 Å². The molecule has 0 unspecified atom stereocenters. The second kappa shape index (κ2) is 5.46. The molecule has 1 heterocycles. The maximum atomic E-state index is 10.6. The molecule has 0 radical (unpaired) electrons. The van der Waals surface area contributed by atoms with Crippen molar-refractivity contribution >= 4 is 0 Å². The average molecular weight is 360 g/mol. The summed E-state index contributed by atoms with van der Waals surface area (Å²) in [7, 11) is 0. The second-order valence-electron chi connectivity index (χ2n) is 10.4. The van der Waals surface area contributed by atoms with Crippen LogP contribution in [0.4, 0.5) is 0 Å². The van der Waals surface area contributed by atoms with Crippen LogP contribution in [-0.2, 0) is 9.47 Å². The van der Waals surface area contributed by atoms with Crippen LogP contribution in [0.25, 0.3) is 0 Å². The van der Waals surface area contributed by atoms with E-state index < -0.39 is 5.60 Å². The Hall–Kier alpha value is -0.630. The molecule has 5 fully saturated rings. The van der Waals surface area contributed by atoms with E-state index in [9.17, 15) is 10.4 Å². The summed E-state index contributed by atoms with van der Waals surface area (Å²) in [6.45, 7) is 6.42. The first-order valence-electron chi connectivity index (χ1n) is 10.8. The normalized spacial score (nSPS) is 55.0. The van der Waals surface area contributed by atoms with Gasteiger partial charge < -0.3 is 14.6 Å². The fraction of sp³-hybridized carbons (Fsp3) is 0.955. The van der Waals surface area contributed by atoms with Gasteiger partial charge in [0.15, 0.2) is 11.4 Å². The molecule has 144 valence electrons. The number of aliphatic hydroxyl groups is 1. The topological polar surface area (TPSA) is 62.5 Å². The summed E-state index contributed by atoms with van der Waals surface area (Å²) < 4.78 is 12.5. The van der Waals surface area contributed by atoms with Gasteiger partial charge in [-0.15, -0.1) is 0 Å². The largest absolute Gasteiger partial charge is 0.375 e. The fourth-order valence-corrected chi connectivity index (χ4v) is 8.23. The minimum absolute atomic E-state index is 0.163. The second-order valence-corrected chi connectivity index (χ2v) is 10.4. The molecular weight excluding hydrogens is 326 g/mol. The molecular formula is C22H33NO3. The van der Waals surface area contributed by atoms with Gasteiger partial charge in [0.25, 0.3) is 0 Å². The van der Waals surface area contributed by atoms with Gasteiger partial charge in [0.1, 0.15) is 0 Å². The van der Waals surface area contributed by atoms with Crippen molar-refractivity contribution in [2.75, 3.05) is 13.2 Å². The van der Waals surface area contributed by atoms with Gasteiger partial charge in [-0.2, -0.15) is 5.26 Å². The first kappa shape index (κ1) is 17.5. The Morgan fingerprint density at radius 2 is 1.65 bits per heavy atom. The quantitative estimate of drug-likeness (QED) is 0.663. The zero-order chi connectivity index (χ0) is 18.2. The highest BCUT2D eigenvalue weighted by atomic mass is 16.7. The van der Waals surface area contributed by atoms with Crippen LogP contribution in [0.1, 0.15) is 71.6 Å². The van der Waals surface area contributed by atoms with E-state index in [1.807, 2.05) is 0 Å². The molecule has 5 aliphatic rings. The van der Waals surface area contributed by atoms with Crippen molar-refractivity contribution in [3.8, 4) is 6.07 Å². The zero-order valence-corrected chi connectivity index (χ0v) is 16.3. The van der Waals surface area contributed by atoms with Gasteiger partial charge in [-0.25, -0.2) is 0 Å². The summed E-state index contributed by atoms with van der Waals surface area (Å²) >= 11 is 0. The monoisotopic (exact) mass is 359 g/mol. The van der Waals surface area contributed by atoms with Gasteiger partial charge in [0.2, 0.25) is 0 Å². The van der Waals surface area contributed by atoms with Crippen molar-refractivity contribution in [3.05, 3.63) is 0 Å². The smallest absolute Gasteiger partial charge is 0.174 e. The number of nitriles is 1. The number of ether oxygens (including phenoxy) is 2. The van der Waals surface area contributed by atoms with Crippen molar-refractivity contribution in [1.29, 1.82) is 5.26 Å². The number of hydrogen-bond acceptors (Lipinski definition) is 4. The lowest BCUT2D eigenvalue weighted by atomic mass is 9.44. The summed E-state index contributed by atoms with van der Waals surface area (Å²) in [6, 6.07) is 2.20. The molecule has 0 aromatic heterocycles. The molecule has 26 heavy (non-hydrogen) atoms. The van der Waals surface area contributed by atoms with E-state index >= 15 is 0 Å². The highest BCUT2D eigenvalue weighted by Gasteiger charge is 2.67. The Bertz CT molecular complexity index is 638. The molecule has 5 rings (SSSR count). The van der Waals surface area contributed by atoms with Crippen molar-refractivity contribution in [1.82, 2.24) is 0 Å². The number of fused-ring (bicyclic) bond motifs is 6. The Morgan fingerprint density at radius 1 is 0.923 bits per heavy atom. The molecule has 1 N–H and O–H groups in total. The molecule has 0 bridgehead atoms. The fourth-order valence-electron chi connectivity index (χ4n) is 8.23. The van der Waals surface area contributed by atoms with Crippen molar-refractivity contribution in [2.45, 2.75) is 83.0 Å². The van der Waals surface area contributed by atoms with Crippen LogP contribution in [0.5, 0.6) is 0 Å². The standard InChI is InChI=1S/C22H33NO3/c1-19-9-10-21(24,14-23)13-15(19)3-4-16-17(19)5-7-20(2)18(16)6-8-22(20)25-11-12-26-22/h15-18,24H,3-13H2,1-2H3/t15-,16-,17+,18+,19-,20+,21+/m0/s1. The van der Waals surface area contributed by atoms with Gasteiger partial charge in [-0.05, 0) is 80.5 Å². The van der Waals surface area contributed by atoms with Gasteiger partial charge >= 0.3 is 0 Å². The maximum absolute atomic E-state index is 10.6. The SMILES string of the molecule is C[C@]12CC[C@](O)(C#N)C[C@@H]1CC[C@H]1[C@H]2CC[C@]2(C)[C@@H]1CCC21OCCO1. The molecule has 0 aromatic carbocycles. The van der Waals surface area contributed by atoms with Crippen LogP contribution in [0.3, 0.4) is 0 Å². The lowest BCUT2D eigenvalue weighted by molar-refractivity contribution is -0.248. The Morgan fingerprint density at radius 3 is 2.38 bits per heavy atom. The molecule has 4 aliphatic carbocycles. The number of rotatable bonds is 0. The van der Waals surface area contributed by atoms with Crippen LogP contribution in [0, 0.1) is 45.8 Å². The molecule has 1 saturated heterocycles. The van der Waals surface area contributed by atoms with Gasteiger partial charge in [0.05, 0.1) is 19.3 Å². The summed E-state index contributed by atoms with van der Waals surface area (Å²) in [5.74, 6) is 2.39. The molecule has 1 spiro atoms. The van der Waals surface area contributed by atoms with E-state index in [-0.39, 0.29) is 11.2 Å². The minimum atomic E-state index is -1.08. The highest BCUT2D eigenvalue weighted by Crippen LogP contribution is 2.69. The predicted molar refractivity (Wildman–Crippen MR) is 96.9 cm³/mol. The third-order valence-corrected chi connectivity index (χ3v) is 9.73. The summed E-state index contributed by atoms with van der Waals surface area (Å²) in [5, 5.41) is 20.0. The molecule has 0 aromatic rings. The first-order valence-corrected chi connectivity index (χ1v) is 10.8. The van der Waals surface area contributed by atoms with E-state index in [1.54, 1.807) is 0 Å². The minimum Gasteiger partial charge on any atom is -0.375 e. The van der Waals surface area contributed by atoms with E-state index in [0.29, 0.717) is 30.1 Å². The summed E-state index contributed by atoms with van der Waals surface area (Å²) in [5.41, 5.74) is -0.625. The average Bonchev–Trinajstić information content (AvgIpc) is 3.22. The van der Waals surface area contributed by atoms with Crippen molar-refractivity contribution in [3.63, 3.8) is 0 Å². The van der Waals surface area contributed by atoms with E-state index in [2.05, 4.69) is 19.9 Å². The number of hydrogen-bond donors (Lipinski definition) is 1. The van der Waals surface area contributed by atoms with Crippen LogP contribution in [0.2, 0.25) is 0 Å². The predicted octanol–water partition coefficient (Wildman–Crippen LogP) is 4.03. The van der Waals surface area contributed by atoms with E-state index in [4.69, 9.17) is 9.47 Å². The van der Waals surface area contributed by atoms with Crippen LogP contribution in [0.15, 0.2) is 0 Å². The molecule has 7 atom stereocenters. The zero-order valence-electron chi connectivity index (χ0n) is 16.3.